The summed E-state index contributed by atoms with van der Waals surface area (Å²) in [7, 11) is 3.04. The van der Waals surface area contributed by atoms with Gasteiger partial charge in [0.25, 0.3) is 5.91 Å². The summed E-state index contributed by atoms with van der Waals surface area (Å²) in [5, 5.41) is 2.96. The van der Waals surface area contributed by atoms with Gasteiger partial charge in [-0.3, -0.25) is 19.2 Å². The van der Waals surface area contributed by atoms with Crippen molar-refractivity contribution in [3.05, 3.63) is 23.9 Å². The van der Waals surface area contributed by atoms with Gasteiger partial charge in [0.15, 0.2) is 18.2 Å². The van der Waals surface area contributed by atoms with Gasteiger partial charge in [0.2, 0.25) is 5.91 Å². The Kier molecular flexibility index (Phi) is 10.4. The average Bonchev–Trinajstić information content (AvgIpc) is 2.64. The minimum absolute atomic E-state index is 0.0552. The summed E-state index contributed by atoms with van der Waals surface area (Å²) >= 11 is 0. The number of hydrogen-bond acceptors (Lipinski definition) is 5. The summed E-state index contributed by atoms with van der Waals surface area (Å²) in [6.07, 6.45) is 3.93. The molecule has 0 heterocycles. The summed E-state index contributed by atoms with van der Waals surface area (Å²) in [5.41, 5.74) is -0.478. The summed E-state index contributed by atoms with van der Waals surface area (Å²) in [5.74, 6) is -0.582. The highest BCUT2D eigenvalue weighted by atomic mass is 16.2. The van der Waals surface area contributed by atoms with Crippen LogP contribution in [0.15, 0.2) is 23.9 Å². The van der Waals surface area contributed by atoms with Gasteiger partial charge in [0, 0.05) is 20.5 Å². The van der Waals surface area contributed by atoms with E-state index in [1.54, 1.807) is 20.9 Å². The first kappa shape index (κ1) is 25.6. The molecule has 0 bridgehead atoms. The molecule has 0 aromatic carbocycles. The molecule has 7 nitrogen and oxygen atoms in total. The quantitative estimate of drug-likeness (QED) is 0.238. The number of nitrogens with one attached hydrogen (secondary N) is 1. The zero-order valence-corrected chi connectivity index (χ0v) is 18.2. The maximum absolute atomic E-state index is 13.2. The van der Waals surface area contributed by atoms with E-state index >= 15 is 0 Å². The van der Waals surface area contributed by atoms with Gasteiger partial charge >= 0.3 is 0 Å². The molecule has 7 heteroatoms. The van der Waals surface area contributed by atoms with E-state index in [1.807, 2.05) is 20.8 Å². The highest BCUT2D eigenvalue weighted by molar-refractivity contribution is 5.91. The first-order valence-corrected chi connectivity index (χ1v) is 9.54. The fourth-order valence-corrected chi connectivity index (χ4v) is 2.92. The van der Waals surface area contributed by atoms with Crippen LogP contribution in [-0.4, -0.2) is 60.0 Å². The lowest BCUT2D eigenvalue weighted by molar-refractivity contribution is -0.149. The zero-order chi connectivity index (χ0) is 22.1. The molecule has 158 valence electrons. The molecule has 0 aliphatic rings. The number of carbonyl (C=O) groups excluding carboxylic acids is 4. The molecule has 0 spiro atoms. The Balaban J connectivity index is 6.06. The SMILES string of the molecule is C=CC(C(=O)N(C)C(C=O)(CC(C)C)NC(C=O)=C(C)C)N(C)C(=O)CCC. The van der Waals surface area contributed by atoms with Gasteiger partial charge in [-0.2, -0.15) is 0 Å². The maximum atomic E-state index is 13.2. The Bertz CT molecular complexity index is 623. The van der Waals surface area contributed by atoms with Crippen LogP contribution in [0.5, 0.6) is 0 Å². The second kappa shape index (κ2) is 11.4. The van der Waals surface area contributed by atoms with E-state index in [1.165, 1.54) is 22.9 Å². The van der Waals surface area contributed by atoms with E-state index in [-0.39, 0.29) is 17.5 Å². The average molecular weight is 394 g/mol. The largest absolute Gasteiger partial charge is 0.354 e. The number of aldehydes is 2. The summed E-state index contributed by atoms with van der Waals surface area (Å²) < 4.78 is 0. The number of allylic oxidation sites excluding steroid dienone is 2. The number of hydrogen-bond donors (Lipinski definition) is 1. The lowest BCUT2D eigenvalue weighted by Crippen LogP contribution is -2.64. The van der Waals surface area contributed by atoms with Crippen LogP contribution in [0, 0.1) is 5.92 Å². The molecule has 0 rings (SSSR count). The van der Waals surface area contributed by atoms with Crippen molar-refractivity contribution in [2.24, 2.45) is 5.92 Å². The monoisotopic (exact) mass is 393 g/mol. The third-order valence-electron chi connectivity index (χ3n) is 4.60. The van der Waals surface area contributed by atoms with Crippen molar-refractivity contribution >= 4 is 24.4 Å². The van der Waals surface area contributed by atoms with Crippen LogP contribution < -0.4 is 5.32 Å². The van der Waals surface area contributed by atoms with Crippen LogP contribution in [0.1, 0.15) is 53.9 Å². The van der Waals surface area contributed by atoms with Gasteiger partial charge in [0.1, 0.15) is 6.04 Å². The Labute approximate surface area is 168 Å². The lowest BCUT2D eigenvalue weighted by Gasteiger charge is -2.42. The molecule has 2 unspecified atom stereocenters. The van der Waals surface area contributed by atoms with Crippen LogP contribution in [0.2, 0.25) is 0 Å². The topological polar surface area (TPSA) is 86.8 Å². The Hall–Kier alpha value is -2.44. The molecule has 1 N–H and O–H groups in total. The first-order chi connectivity index (χ1) is 13.0. The van der Waals surface area contributed by atoms with E-state index in [4.69, 9.17) is 0 Å². The van der Waals surface area contributed by atoms with E-state index in [0.29, 0.717) is 37.4 Å². The fraction of sp³-hybridized carbons (Fsp3) is 0.619. The van der Waals surface area contributed by atoms with Crippen LogP contribution >= 0.6 is 0 Å². The van der Waals surface area contributed by atoms with Crippen molar-refractivity contribution in [2.45, 2.75) is 65.6 Å². The number of carbonyl (C=O) groups is 4. The minimum Gasteiger partial charge on any atom is -0.354 e. The van der Waals surface area contributed by atoms with Gasteiger partial charge in [-0.05, 0) is 38.2 Å². The van der Waals surface area contributed by atoms with Crippen molar-refractivity contribution in [1.29, 1.82) is 0 Å². The first-order valence-electron chi connectivity index (χ1n) is 9.54. The summed E-state index contributed by atoms with van der Waals surface area (Å²) in [6, 6.07) is -0.913. The molecule has 0 aliphatic carbocycles. The Morgan fingerprint density at radius 3 is 2.11 bits per heavy atom. The Morgan fingerprint density at radius 1 is 1.18 bits per heavy atom. The second-order valence-corrected chi connectivity index (χ2v) is 7.63. The van der Waals surface area contributed by atoms with Gasteiger partial charge in [-0.25, -0.2) is 0 Å². The van der Waals surface area contributed by atoms with E-state index < -0.39 is 17.6 Å². The number of amides is 2. The van der Waals surface area contributed by atoms with Gasteiger partial charge in [0.05, 0.1) is 5.70 Å². The Morgan fingerprint density at radius 2 is 1.75 bits per heavy atom. The van der Waals surface area contributed by atoms with Crippen molar-refractivity contribution in [3.63, 3.8) is 0 Å². The molecule has 2 amide bonds. The van der Waals surface area contributed by atoms with Crippen LogP contribution in [0.25, 0.3) is 0 Å². The molecule has 0 saturated heterocycles. The normalized spacial score (nSPS) is 13.7. The van der Waals surface area contributed by atoms with Gasteiger partial charge < -0.3 is 15.1 Å². The number of rotatable bonds is 12. The van der Waals surface area contributed by atoms with Crippen molar-refractivity contribution in [3.8, 4) is 0 Å². The molecule has 0 aliphatic heterocycles. The third-order valence-corrected chi connectivity index (χ3v) is 4.60. The minimum atomic E-state index is -1.42. The van der Waals surface area contributed by atoms with Crippen LogP contribution in [0.4, 0.5) is 0 Å². The molecule has 0 saturated carbocycles. The molecule has 28 heavy (non-hydrogen) atoms. The standard InChI is InChI=1S/C21H35N3O4/c1-9-11-19(27)23(7)18(10-2)20(28)24(8)21(14-26,12-15(3)4)22-17(13-25)16(5)6/h10,13-15,18,22H,2,9,11-12H2,1,3-8H3. The van der Waals surface area contributed by atoms with Crippen molar-refractivity contribution < 1.29 is 19.2 Å². The highest BCUT2D eigenvalue weighted by Gasteiger charge is 2.41. The molecule has 0 fully saturated rings. The molecule has 0 aromatic heterocycles. The summed E-state index contributed by atoms with van der Waals surface area (Å²) in [6.45, 7) is 12.9. The van der Waals surface area contributed by atoms with E-state index in [2.05, 4.69) is 11.9 Å². The molecule has 0 radical (unpaired) electrons. The molecule has 2 atom stereocenters. The number of nitrogens with zero attached hydrogens (tertiary/aromatic N) is 2. The predicted octanol–water partition coefficient (Wildman–Crippen LogP) is 2.28. The third kappa shape index (κ3) is 6.32. The molecular formula is C21H35N3O4. The summed E-state index contributed by atoms with van der Waals surface area (Å²) in [4.78, 5) is 51.7. The van der Waals surface area contributed by atoms with E-state index in [9.17, 15) is 19.2 Å². The van der Waals surface area contributed by atoms with E-state index in [0.717, 1.165) is 0 Å². The van der Waals surface area contributed by atoms with Crippen molar-refractivity contribution in [1.82, 2.24) is 15.1 Å². The van der Waals surface area contributed by atoms with Crippen LogP contribution in [0.3, 0.4) is 0 Å². The van der Waals surface area contributed by atoms with Gasteiger partial charge in [-0.1, -0.05) is 26.8 Å². The van der Waals surface area contributed by atoms with Crippen LogP contribution in [-0.2, 0) is 19.2 Å². The zero-order valence-electron chi connectivity index (χ0n) is 18.2. The predicted molar refractivity (Wildman–Crippen MR) is 110 cm³/mol. The fourth-order valence-electron chi connectivity index (χ4n) is 2.92. The smallest absolute Gasteiger partial charge is 0.251 e. The lowest BCUT2D eigenvalue weighted by atomic mass is 9.95. The van der Waals surface area contributed by atoms with Crippen molar-refractivity contribution in [2.75, 3.05) is 14.1 Å². The molecule has 0 aromatic rings. The maximum Gasteiger partial charge on any atom is 0.251 e. The number of likely N-dealkylation sites (N-methyl/N-ethyl adjacent to an activating group) is 2. The molecular weight excluding hydrogens is 358 g/mol. The van der Waals surface area contributed by atoms with Gasteiger partial charge in [-0.15, -0.1) is 6.58 Å². The highest BCUT2D eigenvalue weighted by Crippen LogP contribution is 2.23. The second-order valence-electron chi connectivity index (χ2n) is 7.63.